The molecule has 3 nitrogen and oxygen atoms in total. The van der Waals surface area contributed by atoms with Crippen LogP contribution in [0.5, 0.6) is 0 Å². The molecule has 0 amide bonds. The largest absolute Gasteiger partial charge is 0.341 e. The number of rotatable bonds is 1. The lowest BCUT2D eigenvalue weighted by molar-refractivity contribution is 0.325. The average molecular weight is 241 g/mol. The van der Waals surface area contributed by atoms with Crippen LogP contribution in [0.25, 0.3) is 11.0 Å². The number of fused-ring (bicyclic) bond motifs is 2. The van der Waals surface area contributed by atoms with E-state index in [1.54, 1.807) is 0 Å². The van der Waals surface area contributed by atoms with E-state index in [-0.39, 0.29) is 0 Å². The van der Waals surface area contributed by atoms with E-state index < -0.39 is 0 Å². The van der Waals surface area contributed by atoms with Crippen molar-refractivity contribution in [1.29, 1.82) is 0 Å². The van der Waals surface area contributed by atoms with Crippen molar-refractivity contribution >= 4 is 11.0 Å². The highest BCUT2D eigenvalue weighted by Crippen LogP contribution is 2.38. The van der Waals surface area contributed by atoms with Gasteiger partial charge in [0, 0.05) is 6.04 Å². The SMILES string of the molecule is c1ccc2[nH]c(C3CC4CCCCC4N3)nc2c1. The molecule has 2 fully saturated rings. The Balaban J connectivity index is 1.63. The lowest BCUT2D eigenvalue weighted by atomic mass is 9.85. The van der Waals surface area contributed by atoms with Gasteiger partial charge in [-0.15, -0.1) is 0 Å². The molecule has 1 saturated heterocycles. The van der Waals surface area contributed by atoms with Crippen LogP contribution in [0.1, 0.15) is 44.0 Å². The molecule has 3 heteroatoms. The quantitative estimate of drug-likeness (QED) is 0.805. The third kappa shape index (κ3) is 1.65. The zero-order chi connectivity index (χ0) is 11.9. The highest BCUT2D eigenvalue weighted by molar-refractivity contribution is 5.74. The number of hydrogen-bond acceptors (Lipinski definition) is 2. The number of imidazole rings is 1. The first kappa shape index (κ1) is 10.6. The summed E-state index contributed by atoms with van der Waals surface area (Å²) in [5.74, 6) is 2.00. The minimum Gasteiger partial charge on any atom is -0.341 e. The summed E-state index contributed by atoms with van der Waals surface area (Å²) in [5, 5.41) is 3.78. The molecule has 0 spiro atoms. The molecule has 1 aliphatic carbocycles. The number of para-hydroxylation sites is 2. The molecule has 2 N–H and O–H groups in total. The van der Waals surface area contributed by atoms with E-state index in [0.717, 1.165) is 28.8 Å². The molecule has 1 aliphatic heterocycles. The maximum atomic E-state index is 4.73. The summed E-state index contributed by atoms with van der Waals surface area (Å²) < 4.78 is 0. The summed E-state index contributed by atoms with van der Waals surface area (Å²) in [6.45, 7) is 0. The van der Waals surface area contributed by atoms with Crippen molar-refractivity contribution in [3.63, 3.8) is 0 Å². The van der Waals surface area contributed by atoms with Crippen LogP contribution in [-0.2, 0) is 0 Å². The van der Waals surface area contributed by atoms with Gasteiger partial charge in [0.15, 0.2) is 0 Å². The van der Waals surface area contributed by atoms with Crippen molar-refractivity contribution in [3.05, 3.63) is 30.1 Å². The van der Waals surface area contributed by atoms with Crippen LogP contribution >= 0.6 is 0 Å². The Bertz CT molecular complexity index is 513. The lowest BCUT2D eigenvalue weighted by Crippen LogP contribution is -2.30. The zero-order valence-electron chi connectivity index (χ0n) is 10.5. The van der Waals surface area contributed by atoms with E-state index in [1.165, 1.54) is 32.1 Å². The molecule has 1 saturated carbocycles. The Hall–Kier alpha value is -1.35. The molecule has 18 heavy (non-hydrogen) atoms. The first-order valence-electron chi connectivity index (χ1n) is 7.11. The molecule has 1 aromatic heterocycles. The lowest BCUT2D eigenvalue weighted by Gasteiger charge is -2.24. The molecule has 2 aromatic rings. The molecule has 94 valence electrons. The van der Waals surface area contributed by atoms with Gasteiger partial charge in [-0.2, -0.15) is 0 Å². The van der Waals surface area contributed by atoms with Gasteiger partial charge in [0.1, 0.15) is 5.82 Å². The first-order chi connectivity index (χ1) is 8.90. The number of benzene rings is 1. The Labute approximate surface area is 107 Å². The number of nitrogens with one attached hydrogen (secondary N) is 2. The standard InChI is InChI=1S/C15H19N3/c1-2-6-11-10(5-1)9-14(16-11)15-17-12-7-3-4-8-13(12)18-15/h3-4,7-8,10-11,14,16H,1-2,5-6,9H2,(H,17,18). The Morgan fingerprint density at radius 1 is 1.11 bits per heavy atom. The topological polar surface area (TPSA) is 40.7 Å². The van der Waals surface area contributed by atoms with Crippen molar-refractivity contribution in [1.82, 2.24) is 15.3 Å². The van der Waals surface area contributed by atoms with Gasteiger partial charge in [-0.05, 0) is 37.3 Å². The summed E-state index contributed by atoms with van der Waals surface area (Å²) in [6.07, 6.45) is 6.80. The molecular weight excluding hydrogens is 222 g/mol. The van der Waals surface area contributed by atoms with E-state index in [9.17, 15) is 0 Å². The second-order valence-electron chi connectivity index (χ2n) is 5.75. The second kappa shape index (κ2) is 4.09. The predicted octanol–water partition coefficient (Wildman–Crippen LogP) is 3.16. The van der Waals surface area contributed by atoms with E-state index in [4.69, 9.17) is 4.98 Å². The summed E-state index contributed by atoms with van der Waals surface area (Å²) in [7, 11) is 0. The van der Waals surface area contributed by atoms with Crippen LogP contribution < -0.4 is 5.32 Å². The highest BCUT2D eigenvalue weighted by Gasteiger charge is 2.36. The first-order valence-corrected chi connectivity index (χ1v) is 7.11. The molecule has 2 aliphatic rings. The van der Waals surface area contributed by atoms with Gasteiger partial charge in [0.25, 0.3) is 0 Å². The van der Waals surface area contributed by atoms with E-state index >= 15 is 0 Å². The Kier molecular flexibility index (Phi) is 2.40. The van der Waals surface area contributed by atoms with Crippen LogP contribution in [-0.4, -0.2) is 16.0 Å². The number of H-pyrrole nitrogens is 1. The molecule has 0 bridgehead atoms. The normalized spacial score (nSPS) is 31.7. The maximum absolute atomic E-state index is 4.73. The number of hydrogen-bond donors (Lipinski definition) is 2. The third-order valence-corrected chi connectivity index (χ3v) is 4.60. The van der Waals surface area contributed by atoms with Crippen molar-refractivity contribution in [2.45, 2.75) is 44.2 Å². The Morgan fingerprint density at radius 2 is 2.00 bits per heavy atom. The average Bonchev–Trinajstić information content (AvgIpc) is 3.02. The fraction of sp³-hybridized carbons (Fsp3) is 0.533. The predicted molar refractivity (Wildman–Crippen MR) is 72.3 cm³/mol. The monoisotopic (exact) mass is 241 g/mol. The third-order valence-electron chi connectivity index (χ3n) is 4.60. The van der Waals surface area contributed by atoms with Crippen molar-refractivity contribution in [2.75, 3.05) is 0 Å². The molecular formula is C15H19N3. The van der Waals surface area contributed by atoms with Crippen LogP contribution in [0, 0.1) is 5.92 Å². The van der Waals surface area contributed by atoms with Gasteiger partial charge >= 0.3 is 0 Å². The molecule has 2 heterocycles. The second-order valence-corrected chi connectivity index (χ2v) is 5.75. The van der Waals surface area contributed by atoms with Crippen molar-refractivity contribution in [2.24, 2.45) is 5.92 Å². The maximum Gasteiger partial charge on any atom is 0.124 e. The minimum atomic E-state index is 0.436. The van der Waals surface area contributed by atoms with Crippen LogP contribution in [0.3, 0.4) is 0 Å². The van der Waals surface area contributed by atoms with Gasteiger partial charge in [-0.3, -0.25) is 0 Å². The van der Waals surface area contributed by atoms with Crippen LogP contribution in [0.4, 0.5) is 0 Å². The molecule has 1 aromatic carbocycles. The van der Waals surface area contributed by atoms with Gasteiger partial charge < -0.3 is 10.3 Å². The summed E-state index contributed by atoms with van der Waals surface area (Å²) in [4.78, 5) is 8.21. The fourth-order valence-electron chi connectivity index (χ4n) is 3.67. The van der Waals surface area contributed by atoms with Crippen molar-refractivity contribution < 1.29 is 0 Å². The van der Waals surface area contributed by atoms with Crippen LogP contribution in [0.15, 0.2) is 24.3 Å². The smallest absolute Gasteiger partial charge is 0.124 e. The van der Waals surface area contributed by atoms with Crippen LogP contribution in [0.2, 0.25) is 0 Å². The van der Waals surface area contributed by atoms with E-state index in [2.05, 4.69) is 34.6 Å². The molecule has 3 atom stereocenters. The van der Waals surface area contributed by atoms with Crippen molar-refractivity contribution in [3.8, 4) is 0 Å². The zero-order valence-corrected chi connectivity index (χ0v) is 10.5. The summed E-state index contributed by atoms with van der Waals surface area (Å²) >= 11 is 0. The van der Waals surface area contributed by atoms with Gasteiger partial charge in [-0.25, -0.2) is 4.98 Å². The summed E-state index contributed by atoms with van der Waals surface area (Å²) in [5.41, 5.74) is 2.24. The molecule has 0 radical (unpaired) electrons. The van der Waals surface area contributed by atoms with E-state index in [1.807, 2.05) is 0 Å². The molecule has 3 unspecified atom stereocenters. The number of aromatic amines is 1. The fourth-order valence-corrected chi connectivity index (χ4v) is 3.67. The molecule has 4 rings (SSSR count). The van der Waals surface area contributed by atoms with E-state index in [0.29, 0.717) is 6.04 Å². The Morgan fingerprint density at radius 3 is 2.89 bits per heavy atom. The minimum absolute atomic E-state index is 0.436. The number of aromatic nitrogens is 2. The van der Waals surface area contributed by atoms with Gasteiger partial charge in [0.2, 0.25) is 0 Å². The summed E-state index contributed by atoms with van der Waals surface area (Å²) in [6, 6.07) is 9.47. The highest BCUT2D eigenvalue weighted by atomic mass is 15.1. The van der Waals surface area contributed by atoms with Gasteiger partial charge in [0.05, 0.1) is 17.1 Å². The van der Waals surface area contributed by atoms with Gasteiger partial charge in [-0.1, -0.05) is 25.0 Å². The number of nitrogens with zero attached hydrogens (tertiary/aromatic N) is 1.